The molecule has 166 valence electrons. The lowest BCUT2D eigenvalue weighted by atomic mass is 10.1. The molecule has 3 rings (SSSR count). The molecule has 0 aliphatic carbocycles. The van der Waals surface area contributed by atoms with Crippen molar-refractivity contribution >= 4 is 33.3 Å². The molecule has 1 fully saturated rings. The molecule has 1 aliphatic heterocycles. The summed E-state index contributed by atoms with van der Waals surface area (Å²) in [5.41, 5.74) is 1.01. The Bertz CT molecular complexity index is 1060. The Hall–Kier alpha value is -2.98. The number of esters is 1. The van der Waals surface area contributed by atoms with Gasteiger partial charge < -0.3 is 15.0 Å². The highest BCUT2D eigenvalue weighted by molar-refractivity contribution is 7.89. The van der Waals surface area contributed by atoms with Crippen molar-refractivity contribution in [2.45, 2.75) is 17.7 Å². The molecule has 0 aromatic heterocycles. The Morgan fingerprint density at radius 1 is 1.10 bits per heavy atom. The Morgan fingerprint density at radius 3 is 2.35 bits per heavy atom. The van der Waals surface area contributed by atoms with Crippen LogP contribution in [-0.2, 0) is 19.6 Å². The van der Waals surface area contributed by atoms with Crippen molar-refractivity contribution in [2.75, 3.05) is 44.0 Å². The van der Waals surface area contributed by atoms with Crippen molar-refractivity contribution in [2.24, 2.45) is 0 Å². The second-order valence-corrected chi connectivity index (χ2v) is 9.44. The zero-order valence-electron chi connectivity index (χ0n) is 17.3. The quantitative estimate of drug-likeness (QED) is 0.653. The number of hydrogen-bond acceptors (Lipinski definition) is 6. The Balaban J connectivity index is 1.78. The van der Waals surface area contributed by atoms with E-state index in [0.717, 1.165) is 30.2 Å². The highest BCUT2D eigenvalue weighted by atomic mass is 32.2. The highest BCUT2D eigenvalue weighted by Crippen LogP contribution is 2.28. The van der Waals surface area contributed by atoms with Crippen molar-refractivity contribution in [3.63, 3.8) is 0 Å². The largest absolute Gasteiger partial charge is 0.452 e. The van der Waals surface area contributed by atoms with Gasteiger partial charge in [0.1, 0.15) is 5.82 Å². The summed E-state index contributed by atoms with van der Waals surface area (Å²) >= 11 is 0. The van der Waals surface area contributed by atoms with Gasteiger partial charge in [-0.25, -0.2) is 21.9 Å². The molecule has 1 saturated heterocycles. The molecule has 0 bridgehead atoms. The van der Waals surface area contributed by atoms with Crippen LogP contribution in [0.4, 0.5) is 15.8 Å². The fraction of sp³-hybridized carbons (Fsp3) is 0.333. The summed E-state index contributed by atoms with van der Waals surface area (Å²) in [6.45, 7) is 0.913. The van der Waals surface area contributed by atoms with Crippen molar-refractivity contribution < 1.29 is 27.1 Å². The molecule has 0 saturated carbocycles. The lowest BCUT2D eigenvalue weighted by Gasteiger charge is -2.22. The number of hydrogen-bond donors (Lipinski definition) is 1. The number of anilines is 2. The van der Waals surface area contributed by atoms with Gasteiger partial charge in [0.25, 0.3) is 5.91 Å². The summed E-state index contributed by atoms with van der Waals surface area (Å²) in [6, 6.07) is 9.49. The molecule has 0 atom stereocenters. The van der Waals surface area contributed by atoms with Gasteiger partial charge in [0.05, 0.1) is 16.1 Å². The summed E-state index contributed by atoms with van der Waals surface area (Å²) in [5.74, 6) is -1.84. The van der Waals surface area contributed by atoms with Crippen LogP contribution in [0, 0.1) is 5.82 Å². The van der Waals surface area contributed by atoms with E-state index in [1.807, 2.05) is 4.90 Å². The van der Waals surface area contributed by atoms with E-state index in [9.17, 15) is 22.4 Å². The fourth-order valence-electron chi connectivity index (χ4n) is 3.22. The second kappa shape index (κ2) is 9.44. The van der Waals surface area contributed by atoms with Gasteiger partial charge >= 0.3 is 5.97 Å². The molecule has 31 heavy (non-hydrogen) atoms. The fourth-order valence-corrected chi connectivity index (χ4v) is 4.15. The highest BCUT2D eigenvalue weighted by Gasteiger charge is 2.25. The van der Waals surface area contributed by atoms with Crippen LogP contribution in [0.25, 0.3) is 0 Å². The number of ether oxygens (including phenoxy) is 1. The third kappa shape index (κ3) is 5.39. The minimum absolute atomic E-state index is 0.0387. The third-order valence-electron chi connectivity index (χ3n) is 4.88. The van der Waals surface area contributed by atoms with E-state index in [-0.39, 0.29) is 10.5 Å². The van der Waals surface area contributed by atoms with Gasteiger partial charge in [-0.15, -0.1) is 0 Å². The lowest BCUT2D eigenvalue weighted by molar-refractivity contribution is -0.119. The molecular formula is C21H24FN3O5S. The van der Waals surface area contributed by atoms with Crippen LogP contribution in [0.5, 0.6) is 0 Å². The van der Waals surface area contributed by atoms with E-state index in [4.69, 9.17) is 4.74 Å². The van der Waals surface area contributed by atoms with Crippen LogP contribution in [0.15, 0.2) is 47.4 Å². The van der Waals surface area contributed by atoms with Gasteiger partial charge in [0.2, 0.25) is 10.0 Å². The molecule has 8 nitrogen and oxygen atoms in total. The maximum absolute atomic E-state index is 13.0. The second-order valence-electron chi connectivity index (χ2n) is 7.29. The molecule has 1 heterocycles. The van der Waals surface area contributed by atoms with Crippen molar-refractivity contribution in [3.8, 4) is 0 Å². The Labute approximate surface area is 180 Å². The average Bonchev–Trinajstić information content (AvgIpc) is 3.28. The molecule has 2 aromatic carbocycles. The summed E-state index contributed by atoms with van der Waals surface area (Å²) in [6.07, 6.45) is 1.93. The number of carbonyl (C=O) groups excluding carboxylic acids is 2. The SMILES string of the molecule is CN(C)S(=O)(=O)c1ccc(N2CCCC2)c(C(=O)OCC(=O)Nc2ccc(F)cc2)c1. The molecule has 1 N–H and O–H groups in total. The molecule has 0 radical (unpaired) electrons. The first kappa shape index (κ1) is 22.7. The molecule has 1 aliphatic rings. The molecule has 2 aromatic rings. The van der Waals surface area contributed by atoms with Gasteiger partial charge in [-0.1, -0.05) is 0 Å². The molecule has 1 amide bonds. The van der Waals surface area contributed by atoms with Gasteiger partial charge in [-0.3, -0.25) is 4.79 Å². The first-order chi connectivity index (χ1) is 14.7. The average molecular weight is 450 g/mol. The van der Waals surface area contributed by atoms with Crippen LogP contribution < -0.4 is 10.2 Å². The number of sulfonamides is 1. The maximum Gasteiger partial charge on any atom is 0.340 e. The van der Waals surface area contributed by atoms with E-state index in [2.05, 4.69) is 5.32 Å². The summed E-state index contributed by atoms with van der Waals surface area (Å²) < 4.78 is 44.2. The van der Waals surface area contributed by atoms with Crippen LogP contribution >= 0.6 is 0 Å². The monoisotopic (exact) mass is 449 g/mol. The minimum Gasteiger partial charge on any atom is -0.452 e. The summed E-state index contributed by atoms with van der Waals surface area (Å²) in [5, 5.41) is 2.50. The van der Waals surface area contributed by atoms with E-state index in [1.165, 1.54) is 50.5 Å². The lowest BCUT2D eigenvalue weighted by Crippen LogP contribution is -2.26. The van der Waals surface area contributed by atoms with Crippen molar-refractivity contribution in [1.82, 2.24) is 4.31 Å². The first-order valence-electron chi connectivity index (χ1n) is 9.72. The Kier molecular flexibility index (Phi) is 6.91. The topological polar surface area (TPSA) is 96.0 Å². The van der Waals surface area contributed by atoms with Crippen LogP contribution in [0.2, 0.25) is 0 Å². The maximum atomic E-state index is 13.0. The predicted molar refractivity (Wildman–Crippen MR) is 114 cm³/mol. The van der Waals surface area contributed by atoms with E-state index >= 15 is 0 Å². The Morgan fingerprint density at radius 2 is 1.74 bits per heavy atom. The predicted octanol–water partition coefficient (Wildman–Crippen LogP) is 2.47. The zero-order chi connectivity index (χ0) is 22.6. The number of carbonyl (C=O) groups is 2. The molecular weight excluding hydrogens is 425 g/mol. The zero-order valence-corrected chi connectivity index (χ0v) is 18.1. The number of rotatable bonds is 7. The van der Waals surface area contributed by atoms with Gasteiger partial charge in [0, 0.05) is 32.9 Å². The number of amides is 1. The molecule has 0 spiro atoms. The number of nitrogens with zero attached hydrogens (tertiary/aromatic N) is 2. The number of halogens is 1. The minimum atomic E-state index is -3.75. The third-order valence-corrected chi connectivity index (χ3v) is 6.69. The van der Waals surface area contributed by atoms with Gasteiger partial charge in [0.15, 0.2) is 6.61 Å². The van der Waals surface area contributed by atoms with E-state index in [0.29, 0.717) is 11.4 Å². The van der Waals surface area contributed by atoms with Crippen molar-refractivity contribution in [1.29, 1.82) is 0 Å². The standard InChI is InChI=1S/C21H24FN3O5S/c1-24(2)31(28,29)17-9-10-19(25-11-3-4-12-25)18(13-17)21(27)30-14-20(26)23-16-7-5-15(22)6-8-16/h5-10,13H,3-4,11-12,14H2,1-2H3,(H,23,26). The summed E-state index contributed by atoms with van der Waals surface area (Å²) in [7, 11) is -0.943. The summed E-state index contributed by atoms with van der Waals surface area (Å²) in [4.78, 5) is 26.8. The van der Waals surface area contributed by atoms with Crippen LogP contribution in [0.3, 0.4) is 0 Å². The molecule has 10 heteroatoms. The van der Waals surface area contributed by atoms with Gasteiger partial charge in [-0.2, -0.15) is 0 Å². The van der Waals surface area contributed by atoms with Crippen molar-refractivity contribution in [3.05, 3.63) is 53.8 Å². The smallest absolute Gasteiger partial charge is 0.340 e. The van der Waals surface area contributed by atoms with Gasteiger partial charge in [-0.05, 0) is 55.3 Å². The van der Waals surface area contributed by atoms with E-state index < -0.39 is 34.3 Å². The number of benzene rings is 2. The molecule has 0 unspecified atom stereocenters. The van der Waals surface area contributed by atoms with Crippen LogP contribution in [-0.4, -0.2) is 58.4 Å². The number of nitrogens with one attached hydrogen (secondary N) is 1. The first-order valence-corrected chi connectivity index (χ1v) is 11.2. The van der Waals surface area contributed by atoms with Crippen LogP contribution in [0.1, 0.15) is 23.2 Å². The van der Waals surface area contributed by atoms with E-state index in [1.54, 1.807) is 6.07 Å². The normalized spacial score (nSPS) is 14.0.